The first kappa shape index (κ1) is 16.8. The summed E-state index contributed by atoms with van der Waals surface area (Å²) in [6.07, 6.45) is 3.60. The molecule has 0 aromatic carbocycles. The molecule has 0 amide bonds. The number of hydrogen-bond donors (Lipinski definition) is 0. The van der Waals surface area contributed by atoms with Gasteiger partial charge in [-0.3, -0.25) is 4.90 Å². The van der Waals surface area contributed by atoms with Gasteiger partial charge in [-0.1, -0.05) is 6.07 Å². The maximum Gasteiger partial charge on any atom is 0.422 e. The highest BCUT2D eigenvalue weighted by Gasteiger charge is 2.52. The van der Waals surface area contributed by atoms with E-state index >= 15 is 0 Å². The summed E-state index contributed by atoms with van der Waals surface area (Å²) in [6, 6.07) is 7.73. The van der Waals surface area contributed by atoms with Gasteiger partial charge in [-0.25, -0.2) is 14.1 Å². The summed E-state index contributed by atoms with van der Waals surface area (Å²) in [4.78, 5) is 24.5. The third kappa shape index (κ3) is 3.49. The summed E-state index contributed by atoms with van der Waals surface area (Å²) >= 11 is 0. The highest BCUT2D eigenvalue weighted by molar-refractivity contribution is 6.31. The molecule has 4 heterocycles. The van der Waals surface area contributed by atoms with Crippen molar-refractivity contribution in [3.8, 4) is 5.88 Å². The number of fused-ring (bicyclic) bond motifs is 1. The van der Waals surface area contributed by atoms with Crippen LogP contribution in [0.25, 0.3) is 5.52 Å². The molecule has 0 N–H and O–H groups in total. The minimum atomic E-state index is -1.57. The van der Waals surface area contributed by atoms with Crippen LogP contribution in [0.15, 0.2) is 30.5 Å². The Hall–Kier alpha value is -2.65. The van der Waals surface area contributed by atoms with Crippen LogP contribution in [0.3, 0.4) is 0 Å². The molecule has 9 heteroatoms. The SMILES string of the molecule is O=C1OC2(CN(CCCCOc3cc4ccccn4n3)CCO2)OC1=O. The Morgan fingerprint density at radius 3 is 2.85 bits per heavy atom. The zero-order valence-electron chi connectivity index (χ0n) is 14.1. The lowest BCUT2D eigenvalue weighted by Gasteiger charge is -2.36. The molecule has 4 rings (SSSR count). The first-order valence-corrected chi connectivity index (χ1v) is 8.53. The molecular formula is C17H19N3O6. The molecule has 2 aliphatic rings. The third-order valence-corrected chi connectivity index (χ3v) is 4.28. The summed E-state index contributed by atoms with van der Waals surface area (Å²) in [7, 11) is 0. The van der Waals surface area contributed by atoms with Crippen LogP contribution in [-0.4, -0.2) is 65.3 Å². The second-order valence-electron chi connectivity index (χ2n) is 6.19. The molecular weight excluding hydrogens is 342 g/mol. The molecule has 0 aliphatic carbocycles. The smallest absolute Gasteiger partial charge is 0.422 e. The van der Waals surface area contributed by atoms with Crippen LogP contribution in [0.1, 0.15) is 12.8 Å². The van der Waals surface area contributed by atoms with E-state index in [0.29, 0.717) is 25.6 Å². The van der Waals surface area contributed by atoms with Crippen molar-refractivity contribution in [2.75, 3.05) is 32.8 Å². The van der Waals surface area contributed by atoms with Gasteiger partial charge in [-0.2, -0.15) is 0 Å². The number of esters is 2. The van der Waals surface area contributed by atoms with Crippen LogP contribution in [-0.2, 0) is 23.8 Å². The zero-order chi connectivity index (χ0) is 18.0. The Kier molecular flexibility index (Phi) is 4.48. The molecule has 2 aromatic heterocycles. The van der Waals surface area contributed by atoms with E-state index in [1.165, 1.54) is 0 Å². The lowest BCUT2D eigenvalue weighted by Crippen LogP contribution is -2.53. The largest absolute Gasteiger partial charge is 0.477 e. The fourth-order valence-corrected chi connectivity index (χ4v) is 3.03. The summed E-state index contributed by atoms with van der Waals surface area (Å²) in [5.41, 5.74) is 0.988. The van der Waals surface area contributed by atoms with Gasteiger partial charge >= 0.3 is 17.9 Å². The van der Waals surface area contributed by atoms with Gasteiger partial charge in [0.1, 0.15) is 6.54 Å². The van der Waals surface area contributed by atoms with Gasteiger partial charge in [0.15, 0.2) is 0 Å². The number of carbonyl (C=O) groups is 2. The first-order chi connectivity index (χ1) is 12.6. The van der Waals surface area contributed by atoms with Crippen LogP contribution in [0.4, 0.5) is 0 Å². The Balaban J connectivity index is 1.20. The number of morpholine rings is 1. The Morgan fingerprint density at radius 2 is 2.04 bits per heavy atom. The van der Waals surface area contributed by atoms with E-state index in [0.717, 1.165) is 24.9 Å². The number of nitrogens with zero attached hydrogens (tertiary/aromatic N) is 3. The monoisotopic (exact) mass is 361 g/mol. The van der Waals surface area contributed by atoms with E-state index < -0.39 is 17.9 Å². The van der Waals surface area contributed by atoms with Crippen molar-refractivity contribution in [1.82, 2.24) is 14.5 Å². The van der Waals surface area contributed by atoms with E-state index in [1.54, 1.807) is 4.52 Å². The number of unbranched alkanes of at least 4 members (excludes halogenated alkanes) is 1. The van der Waals surface area contributed by atoms with Crippen LogP contribution >= 0.6 is 0 Å². The molecule has 2 saturated heterocycles. The van der Waals surface area contributed by atoms with Crippen molar-refractivity contribution in [3.05, 3.63) is 30.5 Å². The van der Waals surface area contributed by atoms with E-state index in [2.05, 4.69) is 5.10 Å². The van der Waals surface area contributed by atoms with Crippen molar-refractivity contribution in [3.63, 3.8) is 0 Å². The fraction of sp³-hybridized carbons (Fsp3) is 0.471. The molecule has 1 spiro atoms. The quantitative estimate of drug-likeness (QED) is 0.419. The summed E-state index contributed by atoms with van der Waals surface area (Å²) in [6.45, 7) is 2.55. The van der Waals surface area contributed by atoms with Gasteiger partial charge in [0.05, 0.1) is 18.7 Å². The molecule has 0 radical (unpaired) electrons. The predicted molar refractivity (Wildman–Crippen MR) is 87.2 cm³/mol. The van der Waals surface area contributed by atoms with Crippen molar-refractivity contribution in [1.29, 1.82) is 0 Å². The first-order valence-electron chi connectivity index (χ1n) is 8.53. The standard InChI is InChI=1S/C17H19N3O6/c21-15-16(22)26-17(25-15)12-19(8-10-24-17)6-3-4-9-23-14-11-13-5-1-2-7-20(13)18-14/h1-2,5,7,11H,3-4,6,8-10,12H2. The number of hydrogen-bond acceptors (Lipinski definition) is 8. The molecule has 2 aliphatic heterocycles. The highest BCUT2D eigenvalue weighted by atomic mass is 16.9. The molecule has 2 aromatic rings. The second-order valence-corrected chi connectivity index (χ2v) is 6.19. The minimum Gasteiger partial charge on any atom is -0.477 e. The number of rotatable bonds is 6. The third-order valence-electron chi connectivity index (χ3n) is 4.28. The Labute approximate surface area is 149 Å². The van der Waals surface area contributed by atoms with Gasteiger partial charge in [-0.05, 0) is 31.5 Å². The van der Waals surface area contributed by atoms with Crippen molar-refractivity contribution in [2.45, 2.75) is 18.8 Å². The maximum atomic E-state index is 11.2. The Bertz CT molecular complexity index is 771. The van der Waals surface area contributed by atoms with Crippen molar-refractivity contribution < 1.29 is 28.5 Å². The maximum absolute atomic E-state index is 11.2. The predicted octanol–water partition coefficient (Wildman–Crippen LogP) is 0.579. The molecule has 0 saturated carbocycles. The van der Waals surface area contributed by atoms with E-state index in [1.807, 2.05) is 35.4 Å². The molecule has 9 nitrogen and oxygen atoms in total. The average Bonchev–Trinajstić information content (AvgIpc) is 3.15. The van der Waals surface area contributed by atoms with Gasteiger partial charge < -0.3 is 18.9 Å². The van der Waals surface area contributed by atoms with Crippen LogP contribution in [0, 0.1) is 0 Å². The Morgan fingerprint density at radius 1 is 1.19 bits per heavy atom. The average molecular weight is 361 g/mol. The van der Waals surface area contributed by atoms with Crippen LogP contribution in [0.2, 0.25) is 0 Å². The number of pyridine rings is 1. The number of ether oxygens (including phenoxy) is 4. The lowest BCUT2D eigenvalue weighted by atomic mass is 10.2. The van der Waals surface area contributed by atoms with Gasteiger partial charge in [0, 0.05) is 18.8 Å². The zero-order valence-corrected chi connectivity index (χ0v) is 14.1. The molecule has 0 unspecified atom stereocenters. The van der Waals surface area contributed by atoms with E-state index in [9.17, 15) is 9.59 Å². The second kappa shape index (κ2) is 6.93. The van der Waals surface area contributed by atoms with Crippen molar-refractivity contribution >= 4 is 17.5 Å². The summed E-state index contributed by atoms with van der Waals surface area (Å²) in [5, 5.41) is 4.33. The summed E-state index contributed by atoms with van der Waals surface area (Å²) in [5.74, 6) is -2.98. The van der Waals surface area contributed by atoms with Crippen molar-refractivity contribution in [2.24, 2.45) is 0 Å². The molecule has 0 atom stereocenters. The van der Waals surface area contributed by atoms with Gasteiger partial charge in [0.2, 0.25) is 5.88 Å². The van der Waals surface area contributed by atoms with Crippen LogP contribution < -0.4 is 4.74 Å². The minimum absolute atomic E-state index is 0.220. The van der Waals surface area contributed by atoms with Gasteiger partial charge in [0.25, 0.3) is 0 Å². The molecule has 0 bridgehead atoms. The number of carbonyl (C=O) groups excluding carboxylic acids is 2. The summed E-state index contributed by atoms with van der Waals surface area (Å²) < 4.78 is 22.7. The van der Waals surface area contributed by atoms with E-state index in [4.69, 9.17) is 18.9 Å². The molecule has 138 valence electrons. The topological polar surface area (TPSA) is 91.6 Å². The molecule has 26 heavy (non-hydrogen) atoms. The van der Waals surface area contributed by atoms with Gasteiger partial charge in [-0.15, -0.1) is 5.10 Å². The molecule has 2 fully saturated rings. The fourth-order valence-electron chi connectivity index (χ4n) is 3.03. The van der Waals surface area contributed by atoms with E-state index in [-0.39, 0.29) is 6.54 Å². The highest BCUT2D eigenvalue weighted by Crippen LogP contribution is 2.27. The van der Waals surface area contributed by atoms with Crippen LogP contribution in [0.5, 0.6) is 5.88 Å². The normalized spacial score (nSPS) is 19.7. The number of aromatic nitrogens is 2. The lowest BCUT2D eigenvalue weighted by molar-refractivity contribution is -0.338.